The lowest BCUT2D eigenvalue weighted by Crippen LogP contribution is -2.43. The van der Waals surface area contributed by atoms with E-state index in [9.17, 15) is 4.79 Å². The Hall–Kier alpha value is -3.38. The van der Waals surface area contributed by atoms with Gasteiger partial charge in [-0.2, -0.15) is 0 Å². The fourth-order valence-electron chi connectivity index (χ4n) is 4.72. The van der Waals surface area contributed by atoms with Crippen LogP contribution in [-0.4, -0.2) is 50.1 Å². The van der Waals surface area contributed by atoms with Gasteiger partial charge in [-0.25, -0.2) is 0 Å². The van der Waals surface area contributed by atoms with Gasteiger partial charge in [0.2, 0.25) is 5.91 Å². The Bertz CT molecular complexity index is 1060. The normalized spacial score (nSPS) is 18.2. The molecule has 0 spiro atoms. The Kier molecular flexibility index (Phi) is 6.94. The highest BCUT2D eigenvalue weighted by Crippen LogP contribution is 2.36. The van der Waals surface area contributed by atoms with E-state index in [-0.39, 0.29) is 5.91 Å². The maximum atomic E-state index is 13.0. The number of rotatable bonds is 8. The molecule has 0 aliphatic carbocycles. The fraction of sp³-hybridized carbons (Fsp3) is 0.333. The minimum atomic E-state index is -0.451. The minimum Gasteiger partial charge on any atom is -0.497 e. The molecule has 1 aromatic heterocycles. The van der Waals surface area contributed by atoms with Crippen molar-refractivity contribution < 1.29 is 14.3 Å². The number of nitrogens with one attached hydrogen (secondary N) is 1. The lowest BCUT2D eigenvalue weighted by atomic mass is 9.79. The van der Waals surface area contributed by atoms with Crippen molar-refractivity contribution in [3.05, 3.63) is 78.1 Å². The zero-order valence-corrected chi connectivity index (χ0v) is 19.5. The molecule has 0 radical (unpaired) electrons. The van der Waals surface area contributed by atoms with E-state index < -0.39 is 5.41 Å². The van der Waals surface area contributed by atoms with E-state index in [1.165, 1.54) is 0 Å². The van der Waals surface area contributed by atoms with Gasteiger partial charge < -0.3 is 14.8 Å². The number of nitrogens with zero attached hydrogens (tertiary/aromatic N) is 2. The molecule has 0 saturated carbocycles. The van der Waals surface area contributed by atoms with Crippen molar-refractivity contribution in [1.29, 1.82) is 0 Å². The molecule has 1 fully saturated rings. The van der Waals surface area contributed by atoms with Crippen LogP contribution in [0, 0.1) is 5.41 Å². The van der Waals surface area contributed by atoms with E-state index in [2.05, 4.69) is 45.5 Å². The van der Waals surface area contributed by atoms with Crippen LogP contribution >= 0.6 is 0 Å². The number of likely N-dealkylation sites (tertiary alicyclic amines) is 1. The summed E-state index contributed by atoms with van der Waals surface area (Å²) in [5, 5.41) is 2.91. The number of aromatic nitrogens is 1. The molecule has 2 aromatic carbocycles. The van der Waals surface area contributed by atoms with E-state index in [1.807, 2.05) is 30.5 Å². The first-order valence-electron chi connectivity index (χ1n) is 11.2. The molecule has 1 amide bonds. The predicted molar refractivity (Wildman–Crippen MR) is 129 cm³/mol. The first kappa shape index (κ1) is 22.8. The second-order valence-electron chi connectivity index (χ2n) is 8.66. The highest BCUT2D eigenvalue weighted by molar-refractivity contribution is 5.83. The molecule has 1 aliphatic rings. The molecule has 3 aromatic rings. The average Bonchev–Trinajstić information content (AvgIpc) is 3.27. The number of pyridine rings is 1. The number of benzene rings is 2. The van der Waals surface area contributed by atoms with Crippen LogP contribution in [-0.2, 0) is 17.8 Å². The van der Waals surface area contributed by atoms with Gasteiger partial charge in [-0.15, -0.1) is 0 Å². The number of carbonyl (C=O) groups is 1. The Morgan fingerprint density at radius 3 is 2.36 bits per heavy atom. The summed E-state index contributed by atoms with van der Waals surface area (Å²) in [6.07, 6.45) is 5.16. The van der Waals surface area contributed by atoms with Gasteiger partial charge in [-0.3, -0.25) is 14.7 Å². The van der Waals surface area contributed by atoms with Crippen molar-refractivity contribution in [2.45, 2.75) is 19.4 Å². The maximum absolute atomic E-state index is 13.0. The molecule has 1 N–H and O–H groups in total. The summed E-state index contributed by atoms with van der Waals surface area (Å²) >= 11 is 0. The predicted octanol–water partition coefficient (Wildman–Crippen LogP) is 3.95. The number of carbonyl (C=O) groups excluding carboxylic acids is 1. The van der Waals surface area contributed by atoms with Gasteiger partial charge in [0.05, 0.1) is 19.6 Å². The van der Waals surface area contributed by atoms with E-state index in [1.54, 1.807) is 27.5 Å². The summed E-state index contributed by atoms with van der Waals surface area (Å²) in [6.45, 7) is 2.31. The summed E-state index contributed by atoms with van der Waals surface area (Å²) in [4.78, 5) is 19.6. The lowest BCUT2D eigenvalue weighted by molar-refractivity contribution is -0.130. The molecule has 172 valence electrons. The molecule has 1 unspecified atom stereocenters. The van der Waals surface area contributed by atoms with E-state index in [0.717, 1.165) is 53.3 Å². The summed E-state index contributed by atoms with van der Waals surface area (Å²) in [7, 11) is 5.04. The topological polar surface area (TPSA) is 63.7 Å². The Balaban J connectivity index is 1.50. The van der Waals surface area contributed by atoms with Crippen LogP contribution < -0.4 is 14.8 Å². The van der Waals surface area contributed by atoms with Crippen LogP contribution in [0.4, 0.5) is 0 Å². The largest absolute Gasteiger partial charge is 0.497 e. The molecule has 6 heteroatoms. The van der Waals surface area contributed by atoms with Crippen LogP contribution in [0.1, 0.15) is 17.5 Å². The molecular formula is C27H31N3O3. The third kappa shape index (κ3) is 5.17. The quantitative estimate of drug-likeness (QED) is 0.569. The third-order valence-corrected chi connectivity index (χ3v) is 6.45. The summed E-state index contributed by atoms with van der Waals surface area (Å²) in [5.41, 5.74) is 4.04. The van der Waals surface area contributed by atoms with E-state index in [4.69, 9.17) is 9.47 Å². The van der Waals surface area contributed by atoms with Crippen LogP contribution in [0.25, 0.3) is 11.1 Å². The van der Waals surface area contributed by atoms with Crippen molar-refractivity contribution in [2.24, 2.45) is 5.41 Å². The standard InChI is InChI=1S/C27H31N3O3/c1-28-26(31)27(16-20-6-8-22(9-7-20)23-5-4-11-29-17-23)10-12-30(19-27)18-21-13-24(32-2)15-25(14-21)33-3/h4-9,11,13-15,17H,10,12,16,18-19H2,1-3H3,(H,28,31). The Labute approximate surface area is 195 Å². The van der Waals surface area contributed by atoms with Gasteiger partial charge in [0.1, 0.15) is 11.5 Å². The molecule has 1 saturated heterocycles. The number of hydrogen-bond donors (Lipinski definition) is 1. The molecule has 6 nitrogen and oxygen atoms in total. The highest BCUT2D eigenvalue weighted by Gasteiger charge is 2.44. The van der Waals surface area contributed by atoms with Crippen LogP contribution in [0.3, 0.4) is 0 Å². The van der Waals surface area contributed by atoms with Gasteiger partial charge in [0.15, 0.2) is 0 Å². The average molecular weight is 446 g/mol. The monoisotopic (exact) mass is 445 g/mol. The zero-order valence-electron chi connectivity index (χ0n) is 19.5. The zero-order chi connectivity index (χ0) is 23.3. The van der Waals surface area contributed by atoms with Crippen LogP contribution in [0.15, 0.2) is 67.0 Å². The van der Waals surface area contributed by atoms with Gasteiger partial charge in [-0.05, 0) is 59.8 Å². The number of methoxy groups -OCH3 is 2. The van der Waals surface area contributed by atoms with Gasteiger partial charge in [0.25, 0.3) is 0 Å². The molecule has 1 aliphatic heterocycles. The number of hydrogen-bond acceptors (Lipinski definition) is 5. The molecular weight excluding hydrogens is 414 g/mol. The van der Waals surface area contributed by atoms with Crippen molar-refractivity contribution in [3.63, 3.8) is 0 Å². The molecule has 33 heavy (non-hydrogen) atoms. The first-order valence-corrected chi connectivity index (χ1v) is 11.2. The summed E-state index contributed by atoms with van der Waals surface area (Å²) < 4.78 is 10.8. The van der Waals surface area contributed by atoms with Gasteiger partial charge >= 0.3 is 0 Å². The Morgan fingerprint density at radius 1 is 1.03 bits per heavy atom. The molecule has 0 bridgehead atoms. The number of ether oxygens (including phenoxy) is 2. The van der Waals surface area contributed by atoms with E-state index in [0.29, 0.717) is 13.0 Å². The highest BCUT2D eigenvalue weighted by atomic mass is 16.5. The van der Waals surface area contributed by atoms with Crippen molar-refractivity contribution in [3.8, 4) is 22.6 Å². The first-order chi connectivity index (χ1) is 16.0. The number of amides is 1. The van der Waals surface area contributed by atoms with Gasteiger partial charge in [-0.1, -0.05) is 30.3 Å². The lowest BCUT2D eigenvalue weighted by Gasteiger charge is -2.28. The van der Waals surface area contributed by atoms with Crippen molar-refractivity contribution in [2.75, 3.05) is 34.4 Å². The second-order valence-corrected chi connectivity index (χ2v) is 8.66. The van der Waals surface area contributed by atoms with Crippen molar-refractivity contribution in [1.82, 2.24) is 15.2 Å². The third-order valence-electron chi connectivity index (χ3n) is 6.45. The Morgan fingerprint density at radius 2 is 1.76 bits per heavy atom. The maximum Gasteiger partial charge on any atom is 0.227 e. The molecule has 1 atom stereocenters. The summed E-state index contributed by atoms with van der Waals surface area (Å²) in [5.74, 6) is 1.65. The second kappa shape index (κ2) is 10.0. The molecule has 4 rings (SSSR count). The SMILES string of the molecule is CNC(=O)C1(Cc2ccc(-c3cccnc3)cc2)CCN(Cc2cc(OC)cc(OC)c2)C1. The fourth-order valence-corrected chi connectivity index (χ4v) is 4.72. The minimum absolute atomic E-state index is 0.101. The van der Waals surface area contributed by atoms with Crippen molar-refractivity contribution >= 4 is 5.91 Å². The van der Waals surface area contributed by atoms with Crippen LogP contribution in [0.2, 0.25) is 0 Å². The smallest absolute Gasteiger partial charge is 0.227 e. The summed E-state index contributed by atoms with van der Waals surface area (Å²) in [6, 6.07) is 18.4. The van der Waals surface area contributed by atoms with E-state index >= 15 is 0 Å². The van der Waals surface area contributed by atoms with Gasteiger partial charge in [0, 0.05) is 38.6 Å². The molecule has 2 heterocycles. The van der Waals surface area contributed by atoms with Crippen LogP contribution in [0.5, 0.6) is 11.5 Å².